The van der Waals surface area contributed by atoms with E-state index in [2.05, 4.69) is 4.98 Å². The third-order valence-electron chi connectivity index (χ3n) is 4.31. The second-order valence-corrected chi connectivity index (χ2v) is 6.56. The van der Waals surface area contributed by atoms with Crippen LogP contribution < -0.4 is 0 Å². The molecule has 1 amide bonds. The highest BCUT2D eigenvalue weighted by molar-refractivity contribution is 6.33. The van der Waals surface area contributed by atoms with Crippen LogP contribution in [-0.4, -0.2) is 32.2 Å². The van der Waals surface area contributed by atoms with E-state index in [0.29, 0.717) is 29.6 Å². The first kappa shape index (κ1) is 16.1. The van der Waals surface area contributed by atoms with Gasteiger partial charge in [-0.15, -0.1) is 0 Å². The van der Waals surface area contributed by atoms with Crippen molar-refractivity contribution >= 4 is 29.3 Å². The molecule has 3 rings (SSSR count). The number of hydrogen-bond acceptors (Lipinski definition) is 2. The molecular formula is C16H17Cl2N3O2. The standard InChI is InChI=1S/C16H17Cl2N3O2/c1-9-15-14(5-6-20(9)16(22)23)19-10(2)21(15)8-11-7-12(17)3-4-13(11)18/h3-4,7,9H,5-6,8H2,1-2H3,(H,22,23). The van der Waals surface area contributed by atoms with Crippen LogP contribution in [0, 0.1) is 6.92 Å². The molecule has 1 atom stereocenters. The van der Waals surface area contributed by atoms with Crippen molar-refractivity contribution in [3.63, 3.8) is 0 Å². The van der Waals surface area contributed by atoms with Crippen molar-refractivity contribution in [2.24, 2.45) is 0 Å². The lowest BCUT2D eigenvalue weighted by atomic mass is 10.0. The summed E-state index contributed by atoms with van der Waals surface area (Å²) in [6.45, 7) is 4.81. The maximum absolute atomic E-state index is 11.4. The molecule has 1 aromatic heterocycles. The second-order valence-electron chi connectivity index (χ2n) is 5.71. The lowest BCUT2D eigenvalue weighted by Crippen LogP contribution is -2.38. The molecule has 23 heavy (non-hydrogen) atoms. The van der Waals surface area contributed by atoms with Gasteiger partial charge in [-0.1, -0.05) is 23.2 Å². The van der Waals surface area contributed by atoms with Crippen LogP contribution in [-0.2, 0) is 13.0 Å². The molecule has 0 saturated heterocycles. The number of aryl methyl sites for hydroxylation is 1. The molecule has 0 radical (unpaired) electrons. The van der Waals surface area contributed by atoms with E-state index in [0.717, 1.165) is 22.8 Å². The Hall–Kier alpha value is -1.72. The van der Waals surface area contributed by atoms with Gasteiger partial charge < -0.3 is 9.67 Å². The van der Waals surface area contributed by atoms with Gasteiger partial charge in [0.2, 0.25) is 0 Å². The monoisotopic (exact) mass is 353 g/mol. The zero-order valence-electron chi connectivity index (χ0n) is 12.9. The van der Waals surface area contributed by atoms with Crippen molar-refractivity contribution in [3.05, 3.63) is 51.0 Å². The summed E-state index contributed by atoms with van der Waals surface area (Å²) in [7, 11) is 0. The smallest absolute Gasteiger partial charge is 0.407 e. The minimum Gasteiger partial charge on any atom is -0.465 e. The van der Waals surface area contributed by atoms with Gasteiger partial charge in [-0.25, -0.2) is 9.78 Å². The molecule has 1 aliphatic rings. The fraction of sp³-hybridized carbons (Fsp3) is 0.375. The van der Waals surface area contributed by atoms with E-state index in [1.807, 2.05) is 24.5 Å². The number of benzene rings is 1. The Morgan fingerprint density at radius 1 is 1.43 bits per heavy atom. The van der Waals surface area contributed by atoms with Gasteiger partial charge in [0.25, 0.3) is 0 Å². The lowest BCUT2D eigenvalue weighted by molar-refractivity contribution is 0.122. The Bertz CT molecular complexity index is 773. The average molecular weight is 354 g/mol. The average Bonchev–Trinajstić information content (AvgIpc) is 2.80. The summed E-state index contributed by atoms with van der Waals surface area (Å²) in [5.74, 6) is 0.852. The number of halogens is 2. The summed E-state index contributed by atoms with van der Waals surface area (Å²) < 4.78 is 2.03. The van der Waals surface area contributed by atoms with E-state index in [9.17, 15) is 9.90 Å². The minimum atomic E-state index is -0.908. The molecule has 0 saturated carbocycles. The Morgan fingerprint density at radius 3 is 2.87 bits per heavy atom. The van der Waals surface area contributed by atoms with Crippen LogP contribution in [0.5, 0.6) is 0 Å². The fourth-order valence-electron chi connectivity index (χ4n) is 3.16. The van der Waals surface area contributed by atoms with E-state index >= 15 is 0 Å². The van der Waals surface area contributed by atoms with Crippen LogP contribution in [0.2, 0.25) is 10.0 Å². The SMILES string of the molecule is Cc1nc2c(n1Cc1cc(Cl)ccc1Cl)C(C)N(C(=O)O)CC2. The van der Waals surface area contributed by atoms with Gasteiger partial charge in [-0.3, -0.25) is 4.90 Å². The maximum atomic E-state index is 11.4. The van der Waals surface area contributed by atoms with Gasteiger partial charge in [-0.05, 0) is 37.6 Å². The lowest BCUT2D eigenvalue weighted by Gasteiger charge is -2.32. The Morgan fingerprint density at radius 2 is 2.17 bits per heavy atom. The molecule has 7 heteroatoms. The van der Waals surface area contributed by atoms with E-state index in [1.165, 1.54) is 4.90 Å². The molecule has 2 heterocycles. The molecular weight excluding hydrogens is 337 g/mol. The Balaban J connectivity index is 2.03. The molecule has 1 aliphatic heterocycles. The first-order chi connectivity index (χ1) is 10.9. The highest BCUT2D eigenvalue weighted by atomic mass is 35.5. The largest absolute Gasteiger partial charge is 0.465 e. The zero-order valence-corrected chi connectivity index (χ0v) is 14.4. The molecule has 1 aromatic carbocycles. The number of carbonyl (C=O) groups is 1. The van der Waals surface area contributed by atoms with Crippen LogP contribution in [0.4, 0.5) is 4.79 Å². The van der Waals surface area contributed by atoms with Crippen molar-refractivity contribution in [2.75, 3.05) is 6.54 Å². The normalized spacial score (nSPS) is 17.2. The zero-order chi connectivity index (χ0) is 16.7. The first-order valence-corrected chi connectivity index (χ1v) is 8.13. The number of carboxylic acid groups (broad SMARTS) is 1. The number of rotatable bonds is 2. The van der Waals surface area contributed by atoms with Crippen LogP contribution in [0.3, 0.4) is 0 Å². The van der Waals surface area contributed by atoms with Crippen molar-refractivity contribution in [2.45, 2.75) is 32.9 Å². The Labute approximate surface area is 144 Å². The molecule has 0 spiro atoms. The highest BCUT2D eigenvalue weighted by Crippen LogP contribution is 2.32. The third-order valence-corrected chi connectivity index (χ3v) is 4.91. The Kier molecular flexibility index (Phi) is 4.25. The second kappa shape index (κ2) is 6.06. The maximum Gasteiger partial charge on any atom is 0.407 e. The van der Waals surface area contributed by atoms with E-state index in [1.54, 1.807) is 12.1 Å². The molecule has 1 unspecified atom stereocenters. The highest BCUT2D eigenvalue weighted by Gasteiger charge is 2.32. The molecule has 2 aromatic rings. The van der Waals surface area contributed by atoms with Crippen LogP contribution >= 0.6 is 23.2 Å². The molecule has 122 valence electrons. The number of hydrogen-bond donors (Lipinski definition) is 1. The predicted molar refractivity (Wildman–Crippen MR) is 89.4 cm³/mol. The van der Waals surface area contributed by atoms with E-state index < -0.39 is 6.09 Å². The van der Waals surface area contributed by atoms with Gasteiger partial charge in [0.05, 0.1) is 24.0 Å². The van der Waals surface area contributed by atoms with E-state index in [4.69, 9.17) is 23.2 Å². The van der Waals surface area contributed by atoms with Crippen molar-refractivity contribution in [3.8, 4) is 0 Å². The number of aromatic nitrogens is 2. The summed E-state index contributed by atoms with van der Waals surface area (Å²) in [4.78, 5) is 17.5. The minimum absolute atomic E-state index is 0.240. The van der Waals surface area contributed by atoms with Gasteiger partial charge in [0, 0.05) is 23.0 Å². The van der Waals surface area contributed by atoms with Crippen LogP contribution in [0.1, 0.15) is 35.7 Å². The van der Waals surface area contributed by atoms with E-state index in [-0.39, 0.29) is 6.04 Å². The molecule has 0 aliphatic carbocycles. The molecule has 0 fully saturated rings. The van der Waals surface area contributed by atoms with Gasteiger partial charge in [0.1, 0.15) is 5.82 Å². The number of amides is 1. The topological polar surface area (TPSA) is 58.4 Å². The first-order valence-electron chi connectivity index (χ1n) is 7.38. The summed E-state index contributed by atoms with van der Waals surface area (Å²) >= 11 is 12.3. The fourth-order valence-corrected chi connectivity index (χ4v) is 3.53. The van der Waals surface area contributed by atoms with Gasteiger partial charge in [0.15, 0.2) is 0 Å². The quantitative estimate of drug-likeness (QED) is 0.882. The molecule has 5 nitrogen and oxygen atoms in total. The van der Waals surface area contributed by atoms with Crippen molar-refractivity contribution < 1.29 is 9.90 Å². The van der Waals surface area contributed by atoms with Crippen molar-refractivity contribution in [1.29, 1.82) is 0 Å². The third kappa shape index (κ3) is 2.91. The van der Waals surface area contributed by atoms with Gasteiger partial charge in [-0.2, -0.15) is 0 Å². The van der Waals surface area contributed by atoms with Crippen LogP contribution in [0.15, 0.2) is 18.2 Å². The molecule has 1 N–H and O–H groups in total. The predicted octanol–water partition coefficient (Wildman–Crippen LogP) is 4.14. The number of nitrogens with zero attached hydrogens (tertiary/aromatic N) is 3. The number of fused-ring (bicyclic) bond motifs is 1. The summed E-state index contributed by atoms with van der Waals surface area (Å²) in [5.41, 5.74) is 2.79. The summed E-state index contributed by atoms with van der Waals surface area (Å²) in [6.07, 6.45) is -0.280. The molecule has 0 bridgehead atoms. The van der Waals surface area contributed by atoms with Gasteiger partial charge >= 0.3 is 6.09 Å². The number of imidazole rings is 1. The van der Waals surface area contributed by atoms with Crippen LogP contribution in [0.25, 0.3) is 0 Å². The summed E-state index contributed by atoms with van der Waals surface area (Å²) in [6, 6.07) is 5.11. The summed E-state index contributed by atoms with van der Waals surface area (Å²) in [5, 5.41) is 10.6. The van der Waals surface area contributed by atoms with Crippen molar-refractivity contribution in [1.82, 2.24) is 14.5 Å².